The Morgan fingerprint density at radius 2 is 2.23 bits per heavy atom. The van der Waals surface area contributed by atoms with Crippen LogP contribution >= 0.6 is 11.3 Å². The molecule has 0 saturated carbocycles. The minimum Gasteiger partial charge on any atom is -0.461 e. The molecule has 0 aliphatic rings. The fraction of sp³-hybridized carbons (Fsp3) is 0.0909. The van der Waals surface area contributed by atoms with Crippen LogP contribution in [0.5, 0.6) is 0 Å². The number of hydrogen-bond acceptors (Lipinski definition) is 9. The Morgan fingerprint density at radius 3 is 2.95 bits per heavy atom. The third kappa shape index (κ3) is 1.65. The Kier molecular flexibility index (Phi) is 2.56. The predicted octanol–water partition coefficient (Wildman–Crippen LogP) is 1.07. The van der Waals surface area contributed by atoms with Gasteiger partial charge in [0.2, 0.25) is 11.8 Å². The van der Waals surface area contributed by atoms with Gasteiger partial charge in [-0.1, -0.05) is 11.3 Å². The molecule has 0 amide bonds. The van der Waals surface area contributed by atoms with Crippen molar-refractivity contribution in [3.63, 3.8) is 0 Å². The molecule has 0 radical (unpaired) electrons. The van der Waals surface area contributed by atoms with Crippen molar-refractivity contribution in [2.75, 3.05) is 5.73 Å². The Balaban J connectivity index is 2.09. The molecule has 0 unspecified atom stereocenters. The summed E-state index contributed by atoms with van der Waals surface area (Å²) in [5, 5.41) is 6.95. The van der Waals surface area contributed by atoms with Gasteiger partial charge < -0.3 is 10.2 Å². The molecule has 0 aliphatic heterocycles. The average Bonchev–Trinajstić information content (AvgIpc) is 3.19. The topological polar surface area (TPSA) is 134 Å². The second-order valence-electron chi connectivity index (χ2n) is 4.34. The molecule has 4 aromatic rings. The molecule has 0 saturated heterocycles. The van der Waals surface area contributed by atoms with E-state index in [1.807, 2.05) is 0 Å². The van der Waals surface area contributed by atoms with E-state index in [4.69, 9.17) is 10.2 Å². The summed E-state index contributed by atoms with van der Waals surface area (Å²) in [7, 11) is 0. The van der Waals surface area contributed by atoms with Crippen LogP contribution in [0.1, 0.15) is 0 Å². The molecule has 0 atom stereocenters. The van der Waals surface area contributed by atoms with Gasteiger partial charge in [-0.2, -0.15) is 9.50 Å². The van der Waals surface area contributed by atoms with Gasteiger partial charge in [-0.15, -0.1) is 10.0 Å². The molecule has 22 heavy (non-hydrogen) atoms. The molecule has 4 aromatic heterocycles. The number of nitroso groups, excluding NO2 is 1. The van der Waals surface area contributed by atoms with Crippen LogP contribution in [0.15, 0.2) is 32.8 Å². The smallest absolute Gasteiger partial charge is 0.311 e. The number of rotatable bonds is 3. The normalized spacial score (nSPS) is 11.5. The van der Waals surface area contributed by atoms with E-state index in [2.05, 4.69) is 20.2 Å². The largest absolute Gasteiger partial charge is 0.461 e. The summed E-state index contributed by atoms with van der Waals surface area (Å²) in [6, 6.07) is 3.42. The van der Waals surface area contributed by atoms with Crippen molar-refractivity contribution in [3.05, 3.63) is 33.0 Å². The SMILES string of the molecule is Nc1nc2c(sc(=O)n2CN=O)c2nc(-c3ccco3)nn12. The van der Waals surface area contributed by atoms with Crippen molar-refractivity contribution in [1.29, 1.82) is 0 Å². The lowest BCUT2D eigenvalue weighted by Gasteiger charge is -1.99. The Morgan fingerprint density at radius 1 is 1.36 bits per heavy atom. The second-order valence-corrected chi connectivity index (χ2v) is 5.30. The average molecular weight is 317 g/mol. The highest BCUT2D eigenvalue weighted by Gasteiger charge is 2.19. The molecule has 2 N–H and O–H groups in total. The number of anilines is 1. The van der Waals surface area contributed by atoms with Crippen molar-refractivity contribution in [3.8, 4) is 11.6 Å². The van der Waals surface area contributed by atoms with Crippen molar-refractivity contribution in [1.82, 2.24) is 24.1 Å². The van der Waals surface area contributed by atoms with E-state index < -0.39 is 0 Å². The molecule has 0 aliphatic carbocycles. The molecule has 0 fully saturated rings. The molecular weight excluding hydrogens is 310 g/mol. The van der Waals surface area contributed by atoms with E-state index in [9.17, 15) is 9.70 Å². The first kappa shape index (κ1) is 12.6. The van der Waals surface area contributed by atoms with Crippen LogP contribution in [0.4, 0.5) is 5.95 Å². The Bertz CT molecular complexity index is 1060. The van der Waals surface area contributed by atoms with E-state index in [1.165, 1.54) is 10.8 Å². The number of thiazole rings is 1. The maximum absolute atomic E-state index is 11.9. The minimum atomic E-state index is -0.364. The molecule has 0 bridgehead atoms. The van der Waals surface area contributed by atoms with Gasteiger partial charge in [0.25, 0.3) is 0 Å². The first-order valence-corrected chi connectivity index (χ1v) is 6.89. The summed E-state index contributed by atoms with van der Waals surface area (Å²) < 4.78 is 8.20. The molecule has 10 nitrogen and oxygen atoms in total. The Hall–Kier alpha value is -3.08. The van der Waals surface area contributed by atoms with Crippen LogP contribution < -0.4 is 10.6 Å². The molecule has 4 rings (SSSR count). The second kappa shape index (κ2) is 4.46. The monoisotopic (exact) mass is 317 g/mol. The number of hydrogen-bond donors (Lipinski definition) is 1. The number of fused-ring (bicyclic) bond motifs is 3. The number of nitrogen functional groups attached to an aromatic ring is 1. The molecule has 4 heterocycles. The van der Waals surface area contributed by atoms with Crippen LogP contribution in [0.25, 0.3) is 27.6 Å². The van der Waals surface area contributed by atoms with Crippen LogP contribution in [0, 0.1) is 4.91 Å². The summed E-state index contributed by atoms with van der Waals surface area (Å²) in [5.74, 6) is 0.842. The summed E-state index contributed by atoms with van der Waals surface area (Å²) in [5.41, 5.74) is 6.50. The zero-order chi connectivity index (χ0) is 15.3. The van der Waals surface area contributed by atoms with Crippen molar-refractivity contribution in [2.24, 2.45) is 5.18 Å². The van der Waals surface area contributed by atoms with E-state index in [0.717, 1.165) is 15.9 Å². The number of nitrogens with two attached hydrogens (primary N) is 1. The highest BCUT2D eigenvalue weighted by Crippen LogP contribution is 2.25. The molecular formula is C11H7N7O3S. The van der Waals surface area contributed by atoms with Gasteiger partial charge in [0.05, 0.1) is 6.26 Å². The van der Waals surface area contributed by atoms with Crippen molar-refractivity contribution in [2.45, 2.75) is 6.67 Å². The van der Waals surface area contributed by atoms with Gasteiger partial charge in [-0.05, 0) is 17.3 Å². The summed E-state index contributed by atoms with van der Waals surface area (Å²) in [6.45, 7) is -0.333. The first-order chi connectivity index (χ1) is 10.7. The van der Waals surface area contributed by atoms with Gasteiger partial charge in [0.1, 0.15) is 4.70 Å². The van der Waals surface area contributed by atoms with E-state index >= 15 is 0 Å². The van der Waals surface area contributed by atoms with E-state index in [-0.39, 0.29) is 23.1 Å². The highest BCUT2D eigenvalue weighted by atomic mass is 32.1. The van der Waals surface area contributed by atoms with Gasteiger partial charge in [0, 0.05) is 0 Å². The highest BCUT2D eigenvalue weighted by molar-refractivity contribution is 7.17. The van der Waals surface area contributed by atoms with Crippen molar-refractivity contribution < 1.29 is 4.42 Å². The van der Waals surface area contributed by atoms with E-state index in [0.29, 0.717) is 21.9 Å². The number of aromatic nitrogens is 5. The van der Waals surface area contributed by atoms with Gasteiger partial charge >= 0.3 is 4.87 Å². The quantitative estimate of drug-likeness (QED) is 0.558. The third-order valence-corrected chi connectivity index (χ3v) is 4.02. The summed E-state index contributed by atoms with van der Waals surface area (Å²) in [6.07, 6.45) is 1.50. The van der Waals surface area contributed by atoms with Crippen LogP contribution in [-0.2, 0) is 6.67 Å². The van der Waals surface area contributed by atoms with Gasteiger partial charge in [0.15, 0.2) is 23.7 Å². The van der Waals surface area contributed by atoms with E-state index in [1.54, 1.807) is 12.1 Å². The van der Waals surface area contributed by atoms with Gasteiger partial charge in [-0.3, -0.25) is 9.36 Å². The zero-order valence-corrected chi connectivity index (χ0v) is 11.6. The molecule has 0 spiro atoms. The predicted molar refractivity (Wildman–Crippen MR) is 78.3 cm³/mol. The maximum Gasteiger partial charge on any atom is 0.311 e. The minimum absolute atomic E-state index is 0.0465. The van der Waals surface area contributed by atoms with Gasteiger partial charge in [-0.25, -0.2) is 4.98 Å². The van der Waals surface area contributed by atoms with Crippen LogP contribution in [-0.4, -0.2) is 24.1 Å². The molecule has 110 valence electrons. The lowest BCUT2D eigenvalue weighted by Crippen LogP contribution is -2.13. The first-order valence-electron chi connectivity index (χ1n) is 6.07. The lowest BCUT2D eigenvalue weighted by atomic mass is 10.4. The van der Waals surface area contributed by atoms with Crippen LogP contribution in [0.3, 0.4) is 0 Å². The standard InChI is InChI=1S/C11H7N7O3S/c12-10-15-8-6(22-11(19)17(8)4-13-20)9-14-7(16-18(9)10)5-2-1-3-21-5/h1-3H,4H2,(H2,12,15). The fourth-order valence-electron chi connectivity index (χ4n) is 2.12. The third-order valence-electron chi connectivity index (χ3n) is 3.06. The van der Waals surface area contributed by atoms with Crippen molar-refractivity contribution >= 4 is 33.3 Å². The zero-order valence-electron chi connectivity index (χ0n) is 10.8. The van der Waals surface area contributed by atoms with Crippen LogP contribution in [0.2, 0.25) is 0 Å². The number of furan rings is 1. The fourth-order valence-corrected chi connectivity index (χ4v) is 3.02. The number of nitrogens with zero attached hydrogens (tertiary/aromatic N) is 6. The summed E-state index contributed by atoms with van der Waals surface area (Å²) in [4.78, 5) is 30.5. The molecule has 11 heteroatoms. The summed E-state index contributed by atoms with van der Waals surface area (Å²) >= 11 is 0.904. The Labute approximate surface area is 124 Å². The maximum atomic E-state index is 11.9. The molecule has 0 aromatic carbocycles. The lowest BCUT2D eigenvalue weighted by molar-refractivity contribution is 0.577.